The molecule has 0 aliphatic heterocycles. The van der Waals surface area contributed by atoms with Crippen LogP contribution in [0.5, 0.6) is 0 Å². The highest BCUT2D eigenvalue weighted by Crippen LogP contribution is 2.35. The Morgan fingerprint density at radius 3 is 2.29 bits per heavy atom. The lowest BCUT2D eigenvalue weighted by atomic mass is 9.82. The predicted molar refractivity (Wildman–Crippen MR) is 118 cm³/mol. The van der Waals surface area contributed by atoms with Gasteiger partial charge in [0.05, 0.1) is 12.7 Å². The van der Waals surface area contributed by atoms with Crippen LogP contribution in [-0.4, -0.2) is 7.11 Å². The van der Waals surface area contributed by atoms with E-state index in [4.69, 9.17) is 10.00 Å². The van der Waals surface area contributed by atoms with Crippen LogP contribution in [0.25, 0.3) is 0 Å². The summed E-state index contributed by atoms with van der Waals surface area (Å²) in [7, 11) is 1.56. The molecule has 0 amide bonds. The molecule has 1 aliphatic carbocycles. The molecule has 0 radical (unpaired) electrons. The first kappa shape index (κ1) is 25.9. The zero-order chi connectivity index (χ0) is 22.0. The number of nitrogens with zero attached hydrogens (tertiary/aromatic N) is 1. The van der Waals surface area contributed by atoms with E-state index in [1.807, 2.05) is 27.7 Å². The van der Waals surface area contributed by atoms with Gasteiger partial charge in [0.15, 0.2) is 0 Å². The van der Waals surface area contributed by atoms with E-state index in [1.54, 1.807) is 25.3 Å². The van der Waals surface area contributed by atoms with Crippen molar-refractivity contribution >= 4 is 0 Å². The van der Waals surface area contributed by atoms with Crippen molar-refractivity contribution in [3.8, 4) is 6.07 Å². The third-order valence-electron chi connectivity index (χ3n) is 5.48. The van der Waals surface area contributed by atoms with E-state index in [0.717, 1.165) is 17.6 Å². The minimum absolute atomic E-state index is 0.00935. The Balaban J connectivity index is 0.000000521. The second-order valence-electron chi connectivity index (χ2n) is 8.19. The van der Waals surface area contributed by atoms with Crippen LogP contribution in [0.1, 0.15) is 61.8 Å². The first-order chi connectivity index (χ1) is 13.0. The Hall–Kier alpha value is -2.08. The van der Waals surface area contributed by atoms with Gasteiger partial charge in [0.2, 0.25) is 0 Å². The zero-order valence-corrected chi connectivity index (χ0v) is 19.2. The highest BCUT2D eigenvalue weighted by atomic mass is 19.1. The number of nitriles is 1. The maximum absolute atomic E-state index is 13.6. The first-order valence-electron chi connectivity index (χ1n) is 10.1. The van der Waals surface area contributed by atoms with Gasteiger partial charge in [-0.1, -0.05) is 59.8 Å². The van der Waals surface area contributed by atoms with Crippen LogP contribution in [0.15, 0.2) is 58.7 Å². The van der Waals surface area contributed by atoms with Crippen LogP contribution in [-0.2, 0) is 4.74 Å². The van der Waals surface area contributed by atoms with Gasteiger partial charge in [-0.2, -0.15) is 5.26 Å². The van der Waals surface area contributed by atoms with Crippen LogP contribution in [0.3, 0.4) is 0 Å². The smallest absolute Gasteiger partial charge is 0.136 e. The van der Waals surface area contributed by atoms with Gasteiger partial charge < -0.3 is 4.74 Å². The minimum atomic E-state index is -0.00935. The molecule has 0 aromatic rings. The topological polar surface area (TPSA) is 33.0 Å². The summed E-state index contributed by atoms with van der Waals surface area (Å²) in [5, 5.41) is 9.01. The molecular weight excluding hydrogens is 349 g/mol. The van der Waals surface area contributed by atoms with Gasteiger partial charge >= 0.3 is 0 Å². The SMILES string of the molecule is C=C/C=C(OC)\C(C#N)=C(/C)C(C)C.CC1=C(F)C=C(C(C)C)C(C)C(C)C1. The molecule has 0 bridgehead atoms. The van der Waals surface area contributed by atoms with E-state index in [2.05, 4.69) is 40.3 Å². The summed E-state index contributed by atoms with van der Waals surface area (Å²) < 4.78 is 18.7. The summed E-state index contributed by atoms with van der Waals surface area (Å²) >= 11 is 0. The molecule has 156 valence electrons. The average Bonchev–Trinajstić information content (AvgIpc) is 2.73. The number of hydrogen-bond acceptors (Lipinski definition) is 2. The molecule has 0 saturated heterocycles. The van der Waals surface area contributed by atoms with Gasteiger partial charge in [-0.05, 0) is 67.2 Å². The molecule has 28 heavy (non-hydrogen) atoms. The molecule has 0 N–H and O–H groups in total. The summed E-state index contributed by atoms with van der Waals surface area (Å²) in [5.41, 5.74) is 3.79. The number of rotatable bonds is 5. The van der Waals surface area contributed by atoms with Gasteiger partial charge in [0.1, 0.15) is 17.7 Å². The maximum atomic E-state index is 13.6. The van der Waals surface area contributed by atoms with Crippen LogP contribution < -0.4 is 0 Å². The van der Waals surface area contributed by atoms with Crippen molar-refractivity contribution in [2.75, 3.05) is 7.11 Å². The van der Waals surface area contributed by atoms with Gasteiger partial charge in [-0.3, -0.25) is 0 Å². The fourth-order valence-corrected chi connectivity index (χ4v) is 3.17. The third kappa shape index (κ3) is 7.50. The molecule has 0 heterocycles. The Labute approximate surface area is 172 Å². The summed E-state index contributed by atoms with van der Waals surface area (Å²) in [6, 6.07) is 2.16. The zero-order valence-electron chi connectivity index (χ0n) is 19.2. The molecule has 1 aliphatic rings. The van der Waals surface area contributed by atoms with Crippen molar-refractivity contribution < 1.29 is 9.13 Å². The average molecular weight is 388 g/mol. The van der Waals surface area contributed by atoms with Gasteiger partial charge in [0.25, 0.3) is 0 Å². The molecule has 3 heteroatoms. The lowest BCUT2D eigenvalue weighted by Crippen LogP contribution is -2.13. The number of ether oxygens (including phenoxy) is 1. The molecule has 0 aromatic heterocycles. The monoisotopic (exact) mass is 387 g/mol. The first-order valence-corrected chi connectivity index (χ1v) is 10.1. The Morgan fingerprint density at radius 2 is 1.89 bits per heavy atom. The molecule has 0 spiro atoms. The standard InChI is InChI=1S/C13H21F.C12H17NO/c1-8(2)12-7-13(14)10(4)6-9(3)11(12)5;1-6-7-12(14-5)11(8-13)10(4)9(2)3/h7-9,11H,6H2,1-5H3;6-7,9H,1H2,2-5H3/b;11-10+,12-7+. The quantitative estimate of drug-likeness (QED) is 0.275. The second-order valence-corrected chi connectivity index (χ2v) is 8.19. The largest absolute Gasteiger partial charge is 0.495 e. The van der Waals surface area contributed by atoms with Crippen molar-refractivity contribution in [3.05, 3.63) is 58.7 Å². The Kier molecular flexibility index (Phi) is 11.5. The molecular formula is C25H38FNO. The molecule has 2 nitrogen and oxygen atoms in total. The lowest BCUT2D eigenvalue weighted by Gasteiger charge is -2.23. The van der Waals surface area contributed by atoms with Crippen molar-refractivity contribution in [2.45, 2.75) is 61.8 Å². The summed E-state index contributed by atoms with van der Waals surface area (Å²) in [6.07, 6.45) is 5.96. The third-order valence-corrected chi connectivity index (χ3v) is 5.48. The minimum Gasteiger partial charge on any atom is -0.495 e. The number of halogens is 1. The van der Waals surface area contributed by atoms with Crippen molar-refractivity contribution in [1.29, 1.82) is 5.26 Å². The van der Waals surface area contributed by atoms with Crippen LogP contribution in [0, 0.1) is 35.0 Å². The van der Waals surface area contributed by atoms with Gasteiger partial charge in [0, 0.05) is 0 Å². The normalized spacial score (nSPS) is 21.2. The van der Waals surface area contributed by atoms with E-state index in [0.29, 0.717) is 35.0 Å². The van der Waals surface area contributed by atoms with Crippen molar-refractivity contribution in [3.63, 3.8) is 0 Å². The van der Waals surface area contributed by atoms with Crippen molar-refractivity contribution in [1.82, 2.24) is 0 Å². The Bertz CT molecular complexity index is 699. The van der Waals surface area contributed by atoms with Crippen LogP contribution in [0.4, 0.5) is 4.39 Å². The van der Waals surface area contributed by atoms with Gasteiger partial charge in [-0.15, -0.1) is 0 Å². The van der Waals surface area contributed by atoms with E-state index in [-0.39, 0.29) is 5.83 Å². The molecule has 2 unspecified atom stereocenters. The summed E-state index contributed by atoms with van der Waals surface area (Å²) in [4.78, 5) is 0. The maximum Gasteiger partial charge on any atom is 0.136 e. The molecule has 1 rings (SSSR count). The van der Waals surface area contributed by atoms with E-state index < -0.39 is 0 Å². The molecule has 0 aromatic carbocycles. The highest BCUT2D eigenvalue weighted by Gasteiger charge is 2.23. The predicted octanol–water partition coefficient (Wildman–Crippen LogP) is 7.69. The fraction of sp³-hybridized carbons (Fsp3) is 0.560. The van der Waals surface area contributed by atoms with Crippen LogP contribution >= 0.6 is 0 Å². The Morgan fingerprint density at radius 1 is 1.32 bits per heavy atom. The lowest BCUT2D eigenvalue weighted by molar-refractivity contribution is 0.302. The number of methoxy groups -OCH3 is 1. The van der Waals surface area contributed by atoms with E-state index in [9.17, 15) is 4.39 Å². The summed E-state index contributed by atoms with van der Waals surface area (Å²) in [5.74, 6) is 2.41. The number of hydrogen-bond donors (Lipinski definition) is 0. The molecule has 2 atom stereocenters. The molecule has 0 saturated carbocycles. The van der Waals surface area contributed by atoms with E-state index >= 15 is 0 Å². The number of allylic oxidation sites excluding steroid dienone is 8. The fourth-order valence-electron chi connectivity index (χ4n) is 3.17. The van der Waals surface area contributed by atoms with E-state index in [1.165, 1.54) is 5.57 Å². The summed E-state index contributed by atoms with van der Waals surface area (Å²) in [6.45, 7) is 20.2. The highest BCUT2D eigenvalue weighted by molar-refractivity contribution is 5.43. The second kappa shape index (κ2) is 12.4. The van der Waals surface area contributed by atoms with Crippen LogP contribution in [0.2, 0.25) is 0 Å². The van der Waals surface area contributed by atoms with Crippen molar-refractivity contribution in [2.24, 2.45) is 23.7 Å². The van der Waals surface area contributed by atoms with Gasteiger partial charge in [-0.25, -0.2) is 4.39 Å². The molecule has 0 fully saturated rings.